The second kappa shape index (κ2) is 3.70. The van der Waals surface area contributed by atoms with Crippen molar-refractivity contribution in [3.8, 4) is 6.07 Å². The lowest BCUT2D eigenvalue weighted by atomic mass is 10.3. The van der Waals surface area contributed by atoms with E-state index in [9.17, 15) is 0 Å². The van der Waals surface area contributed by atoms with E-state index in [2.05, 4.69) is 5.32 Å². The lowest BCUT2D eigenvalue weighted by molar-refractivity contribution is 0.562. The smallest absolute Gasteiger partial charge is 0.0947 e. The van der Waals surface area contributed by atoms with E-state index in [1.54, 1.807) is 12.5 Å². The monoisotopic (exact) mass is 136 g/mol. The fourth-order valence-corrected chi connectivity index (χ4v) is 0.656. The van der Waals surface area contributed by atoms with E-state index in [-0.39, 0.29) is 0 Å². The van der Waals surface area contributed by atoms with Gasteiger partial charge < -0.3 is 9.73 Å². The zero-order valence-corrected chi connectivity index (χ0v) is 5.50. The first-order chi connectivity index (χ1) is 4.93. The average Bonchev–Trinajstić information content (AvgIpc) is 2.41. The molecule has 10 heavy (non-hydrogen) atoms. The van der Waals surface area contributed by atoms with Gasteiger partial charge in [0.25, 0.3) is 0 Å². The summed E-state index contributed by atoms with van der Waals surface area (Å²) >= 11 is 0. The van der Waals surface area contributed by atoms with Crippen LogP contribution >= 0.6 is 0 Å². The first kappa shape index (κ1) is 6.84. The summed E-state index contributed by atoms with van der Waals surface area (Å²) in [5, 5.41) is 11.1. The first-order valence-electron chi connectivity index (χ1n) is 3.02. The maximum atomic E-state index is 8.16. The van der Waals surface area contributed by atoms with Gasteiger partial charge in [-0.3, -0.25) is 0 Å². The van der Waals surface area contributed by atoms with Crippen molar-refractivity contribution >= 4 is 0 Å². The van der Waals surface area contributed by atoms with E-state index in [4.69, 9.17) is 9.68 Å². The molecule has 1 heterocycles. The van der Waals surface area contributed by atoms with Crippen LogP contribution in [0, 0.1) is 11.3 Å². The van der Waals surface area contributed by atoms with Crippen molar-refractivity contribution in [1.29, 1.82) is 5.26 Å². The van der Waals surface area contributed by atoms with Gasteiger partial charge in [-0.25, -0.2) is 0 Å². The van der Waals surface area contributed by atoms with Crippen molar-refractivity contribution in [3.63, 3.8) is 0 Å². The number of nitriles is 1. The number of hydrogen-bond donors (Lipinski definition) is 1. The van der Waals surface area contributed by atoms with Gasteiger partial charge in [0.15, 0.2) is 0 Å². The molecule has 0 unspecified atom stereocenters. The number of rotatable bonds is 3. The van der Waals surface area contributed by atoms with Crippen LogP contribution in [0.15, 0.2) is 23.0 Å². The Morgan fingerprint density at radius 3 is 3.20 bits per heavy atom. The van der Waals surface area contributed by atoms with E-state index in [0.29, 0.717) is 13.1 Å². The minimum Gasteiger partial charge on any atom is -0.472 e. The summed E-state index contributed by atoms with van der Waals surface area (Å²) in [7, 11) is 0. The van der Waals surface area contributed by atoms with Crippen LogP contribution in [-0.2, 0) is 6.54 Å². The Bertz CT molecular complexity index is 210. The predicted octanol–water partition coefficient (Wildman–Crippen LogP) is 0.893. The zero-order chi connectivity index (χ0) is 7.23. The van der Waals surface area contributed by atoms with Crippen LogP contribution in [-0.4, -0.2) is 6.54 Å². The largest absolute Gasteiger partial charge is 0.472 e. The van der Waals surface area contributed by atoms with Gasteiger partial charge in [-0.2, -0.15) is 5.26 Å². The standard InChI is InChI=1S/C7H8N2O/c8-2-3-9-5-7-1-4-10-6-7/h1,4,6,9H,3,5H2. The second-order valence-electron chi connectivity index (χ2n) is 1.89. The molecule has 0 saturated carbocycles. The molecule has 1 aromatic heterocycles. The lowest BCUT2D eigenvalue weighted by Gasteiger charge is -1.92. The van der Waals surface area contributed by atoms with Gasteiger partial charge in [0.1, 0.15) is 0 Å². The van der Waals surface area contributed by atoms with E-state index < -0.39 is 0 Å². The Balaban J connectivity index is 2.23. The van der Waals surface area contributed by atoms with Gasteiger partial charge in [0, 0.05) is 12.1 Å². The highest BCUT2D eigenvalue weighted by atomic mass is 16.3. The Hall–Kier alpha value is -1.27. The number of nitrogens with one attached hydrogen (secondary N) is 1. The molecule has 0 aromatic carbocycles. The van der Waals surface area contributed by atoms with Crippen LogP contribution in [0.4, 0.5) is 0 Å². The fourth-order valence-electron chi connectivity index (χ4n) is 0.656. The molecule has 1 rings (SSSR count). The molecule has 1 N–H and O–H groups in total. The van der Waals surface area contributed by atoms with Crippen molar-refractivity contribution in [2.75, 3.05) is 6.54 Å². The summed E-state index contributed by atoms with van der Waals surface area (Å²) in [4.78, 5) is 0. The van der Waals surface area contributed by atoms with Crippen LogP contribution in [0.2, 0.25) is 0 Å². The number of hydrogen-bond acceptors (Lipinski definition) is 3. The lowest BCUT2D eigenvalue weighted by Crippen LogP contribution is -2.12. The van der Waals surface area contributed by atoms with Crippen LogP contribution in [0.25, 0.3) is 0 Å². The SMILES string of the molecule is N#CCNCc1ccoc1. The molecule has 0 saturated heterocycles. The highest BCUT2D eigenvalue weighted by Crippen LogP contribution is 1.97. The maximum Gasteiger partial charge on any atom is 0.0947 e. The molecule has 0 atom stereocenters. The van der Waals surface area contributed by atoms with Gasteiger partial charge in [0.05, 0.1) is 25.1 Å². The van der Waals surface area contributed by atoms with Crippen molar-refractivity contribution in [3.05, 3.63) is 24.2 Å². The van der Waals surface area contributed by atoms with Crippen LogP contribution in [0.5, 0.6) is 0 Å². The highest BCUT2D eigenvalue weighted by Gasteiger charge is 1.90. The highest BCUT2D eigenvalue weighted by molar-refractivity contribution is 5.04. The molecular formula is C7H8N2O. The molecule has 3 nitrogen and oxygen atoms in total. The van der Waals surface area contributed by atoms with Crippen molar-refractivity contribution < 1.29 is 4.42 Å². The topological polar surface area (TPSA) is 49.0 Å². The molecule has 0 aliphatic carbocycles. The quantitative estimate of drug-likeness (QED) is 0.496. The van der Waals surface area contributed by atoms with Gasteiger partial charge in [-0.05, 0) is 6.07 Å². The molecule has 1 aromatic rings. The Labute approximate surface area is 59.3 Å². The maximum absolute atomic E-state index is 8.16. The third-order valence-electron chi connectivity index (χ3n) is 1.11. The summed E-state index contributed by atoms with van der Waals surface area (Å²) < 4.78 is 4.82. The van der Waals surface area contributed by atoms with E-state index in [0.717, 1.165) is 5.56 Å². The molecule has 0 fully saturated rings. The molecule has 0 bridgehead atoms. The number of nitrogens with zero attached hydrogens (tertiary/aromatic N) is 1. The van der Waals surface area contributed by atoms with E-state index >= 15 is 0 Å². The Morgan fingerprint density at radius 2 is 2.60 bits per heavy atom. The molecule has 52 valence electrons. The Morgan fingerprint density at radius 1 is 1.70 bits per heavy atom. The Kier molecular flexibility index (Phi) is 2.53. The summed E-state index contributed by atoms with van der Waals surface area (Å²) in [5.74, 6) is 0. The zero-order valence-electron chi connectivity index (χ0n) is 5.50. The number of furan rings is 1. The molecule has 3 heteroatoms. The summed E-state index contributed by atoms with van der Waals surface area (Å²) in [6.07, 6.45) is 3.27. The third kappa shape index (κ3) is 1.92. The van der Waals surface area contributed by atoms with Crippen molar-refractivity contribution in [1.82, 2.24) is 5.32 Å². The molecular weight excluding hydrogens is 128 g/mol. The molecule has 0 amide bonds. The summed E-state index contributed by atoms with van der Waals surface area (Å²) in [5.41, 5.74) is 1.07. The third-order valence-corrected chi connectivity index (χ3v) is 1.11. The van der Waals surface area contributed by atoms with Gasteiger partial charge in [-0.1, -0.05) is 0 Å². The normalized spacial score (nSPS) is 9.10. The van der Waals surface area contributed by atoms with Crippen LogP contribution < -0.4 is 5.32 Å². The molecule has 0 radical (unpaired) electrons. The average molecular weight is 136 g/mol. The van der Waals surface area contributed by atoms with Gasteiger partial charge in [-0.15, -0.1) is 0 Å². The van der Waals surface area contributed by atoms with E-state index in [1.807, 2.05) is 12.1 Å². The first-order valence-corrected chi connectivity index (χ1v) is 3.02. The van der Waals surface area contributed by atoms with Crippen molar-refractivity contribution in [2.45, 2.75) is 6.54 Å². The minimum atomic E-state index is 0.380. The molecule has 0 aliphatic rings. The van der Waals surface area contributed by atoms with Crippen LogP contribution in [0.3, 0.4) is 0 Å². The summed E-state index contributed by atoms with van der Waals surface area (Å²) in [6, 6.07) is 3.85. The van der Waals surface area contributed by atoms with Gasteiger partial charge >= 0.3 is 0 Å². The fraction of sp³-hybridized carbons (Fsp3) is 0.286. The predicted molar refractivity (Wildman–Crippen MR) is 36.0 cm³/mol. The summed E-state index contributed by atoms with van der Waals surface area (Å²) in [6.45, 7) is 1.08. The van der Waals surface area contributed by atoms with Crippen molar-refractivity contribution in [2.24, 2.45) is 0 Å². The van der Waals surface area contributed by atoms with Gasteiger partial charge in [0.2, 0.25) is 0 Å². The van der Waals surface area contributed by atoms with E-state index in [1.165, 1.54) is 0 Å². The minimum absolute atomic E-state index is 0.380. The van der Waals surface area contributed by atoms with Crippen LogP contribution in [0.1, 0.15) is 5.56 Å². The molecule has 0 aliphatic heterocycles. The second-order valence-corrected chi connectivity index (χ2v) is 1.89. The molecule has 0 spiro atoms.